The van der Waals surface area contributed by atoms with Crippen molar-refractivity contribution >= 4 is 11.6 Å². The molecule has 1 heterocycles. The number of aromatic nitrogens is 2. The van der Waals surface area contributed by atoms with Crippen LogP contribution in [0.15, 0.2) is 54.7 Å². The van der Waals surface area contributed by atoms with Gasteiger partial charge in [-0.2, -0.15) is 5.10 Å². The summed E-state index contributed by atoms with van der Waals surface area (Å²) >= 11 is 5.94. The first kappa shape index (κ1) is 13.9. The standard InChI is InChI=1S/C17H16ClN3/c1-12-3-2-4-16(9-12)21-11-14(10-19)17(20-21)13-5-7-15(18)8-6-13/h2-9,11H,10,19H2,1H3. The van der Waals surface area contributed by atoms with Crippen LogP contribution >= 0.6 is 11.6 Å². The smallest absolute Gasteiger partial charge is 0.0972 e. The van der Waals surface area contributed by atoms with Crippen LogP contribution in [0.3, 0.4) is 0 Å². The molecule has 0 atom stereocenters. The average molecular weight is 298 g/mol. The molecule has 21 heavy (non-hydrogen) atoms. The molecule has 3 aromatic rings. The van der Waals surface area contributed by atoms with E-state index in [0.717, 1.165) is 22.5 Å². The van der Waals surface area contributed by atoms with E-state index < -0.39 is 0 Å². The molecule has 0 unspecified atom stereocenters. The summed E-state index contributed by atoms with van der Waals surface area (Å²) in [5.41, 5.74) is 11.0. The third kappa shape index (κ3) is 2.84. The second-order valence-corrected chi connectivity index (χ2v) is 5.43. The Morgan fingerprint density at radius 3 is 2.57 bits per heavy atom. The van der Waals surface area contributed by atoms with Crippen molar-refractivity contribution in [3.63, 3.8) is 0 Å². The summed E-state index contributed by atoms with van der Waals surface area (Å²) in [6.07, 6.45) is 1.98. The quantitative estimate of drug-likeness (QED) is 0.795. The summed E-state index contributed by atoms with van der Waals surface area (Å²) in [5.74, 6) is 0. The van der Waals surface area contributed by atoms with Gasteiger partial charge in [-0.05, 0) is 36.8 Å². The molecule has 0 saturated carbocycles. The summed E-state index contributed by atoms with van der Waals surface area (Å²) in [7, 11) is 0. The number of hydrogen-bond acceptors (Lipinski definition) is 2. The molecule has 3 nitrogen and oxygen atoms in total. The second kappa shape index (κ2) is 5.72. The molecule has 2 aromatic carbocycles. The molecule has 4 heteroatoms. The van der Waals surface area contributed by atoms with Gasteiger partial charge in [0.2, 0.25) is 0 Å². The lowest BCUT2D eigenvalue weighted by Crippen LogP contribution is -1.96. The minimum absolute atomic E-state index is 0.448. The zero-order valence-corrected chi connectivity index (χ0v) is 12.5. The van der Waals surface area contributed by atoms with Crippen LogP contribution in [0.4, 0.5) is 0 Å². The Morgan fingerprint density at radius 2 is 1.90 bits per heavy atom. The van der Waals surface area contributed by atoms with Crippen LogP contribution in [0.1, 0.15) is 11.1 Å². The largest absolute Gasteiger partial charge is 0.326 e. The van der Waals surface area contributed by atoms with Crippen molar-refractivity contribution in [2.45, 2.75) is 13.5 Å². The molecule has 1 aromatic heterocycles. The van der Waals surface area contributed by atoms with Crippen LogP contribution in [-0.2, 0) is 6.54 Å². The lowest BCUT2D eigenvalue weighted by Gasteiger charge is -2.02. The maximum atomic E-state index is 5.94. The number of rotatable bonds is 3. The lowest BCUT2D eigenvalue weighted by molar-refractivity contribution is 0.881. The molecule has 0 aliphatic rings. The van der Waals surface area contributed by atoms with Crippen LogP contribution in [0, 0.1) is 6.92 Å². The number of hydrogen-bond donors (Lipinski definition) is 1. The normalized spacial score (nSPS) is 10.8. The highest BCUT2D eigenvalue weighted by atomic mass is 35.5. The molecule has 0 aliphatic carbocycles. The van der Waals surface area contributed by atoms with Gasteiger partial charge in [-0.25, -0.2) is 4.68 Å². The minimum atomic E-state index is 0.448. The molecule has 2 N–H and O–H groups in total. The second-order valence-electron chi connectivity index (χ2n) is 5.00. The van der Waals surface area contributed by atoms with Gasteiger partial charge in [-0.15, -0.1) is 0 Å². The van der Waals surface area contributed by atoms with E-state index in [1.54, 1.807) is 0 Å². The number of halogens is 1. The SMILES string of the molecule is Cc1cccc(-n2cc(CN)c(-c3ccc(Cl)cc3)n2)c1. The van der Waals surface area contributed by atoms with Gasteiger partial charge in [0.1, 0.15) is 0 Å². The van der Waals surface area contributed by atoms with Crippen molar-refractivity contribution in [1.29, 1.82) is 0 Å². The van der Waals surface area contributed by atoms with E-state index in [1.807, 2.05) is 47.3 Å². The van der Waals surface area contributed by atoms with Crippen molar-refractivity contribution in [1.82, 2.24) is 9.78 Å². The topological polar surface area (TPSA) is 43.8 Å². The molecular weight excluding hydrogens is 282 g/mol. The number of benzene rings is 2. The number of nitrogens with two attached hydrogens (primary N) is 1. The zero-order valence-electron chi connectivity index (χ0n) is 11.8. The van der Waals surface area contributed by atoms with Gasteiger partial charge in [-0.3, -0.25) is 0 Å². The van der Waals surface area contributed by atoms with E-state index >= 15 is 0 Å². The van der Waals surface area contributed by atoms with Crippen molar-refractivity contribution in [3.8, 4) is 16.9 Å². The monoisotopic (exact) mass is 297 g/mol. The predicted octanol–water partition coefficient (Wildman–Crippen LogP) is 3.96. The van der Waals surface area contributed by atoms with E-state index in [9.17, 15) is 0 Å². The van der Waals surface area contributed by atoms with Crippen LogP contribution in [0.25, 0.3) is 16.9 Å². The highest BCUT2D eigenvalue weighted by Crippen LogP contribution is 2.25. The average Bonchev–Trinajstić information content (AvgIpc) is 2.92. The van der Waals surface area contributed by atoms with Gasteiger partial charge in [0.15, 0.2) is 0 Å². The van der Waals surface area contributed by atoms with E-state index in [0.29, 0.717) is 11.6 Å². The van der Waals surface area contributed by atoms with Crippen LogP contribution in [0.2, 0.25) is 5.02 Å². The highest BCUT2D eigenvalue weighted by Gasteiger charge is 2.11. The van der Waals surface area contributed by atoms with E-state index in [2.05, 4.69) is 24.2 Å². The van der Waals surface area contributed by atoms with Gasteiger partial charge in [0, 0.05) is 28.9 Å². The Morgan fingerprint density at radius 1 is 1.14 bits per heavy atom. The Labute approximate surface area is 129 Å². The molecule has 3 rings (SSSR count). The van der Waals surface area contributed by atoms with Crippen molar-refractivity contribution in [2.75, 3.05) is 0 Å². The molecule has 106 valence electrons. The lowest BCUT2D eigenvalue weighted by atomic mass is 10.1. The summed E-state index contributed by atoms with van der Waals surface area (Å²) in [4.78, 5) is 0. The highest BCUT2D eigenvalue weighted by molar-refractivity contribution is 6.30. The number of aryl methyl sites for hydroxylation is 1. The summed E-state index contributed by atoms with van der Waals surface area (Å²) in [6, 6.07) is 15.9. The van der Waals surface area contributed by atoms with Gasteiger partial charge < -0.3 is 5.73 Å². The number of nitrogens with zero attached hydrogens (tertiary/aromatic N) is 2. The Bertz CT molecular complexity index is 760. The molecule has 0 spiro atoms. The summed E-state index contributed by atoms with van der Waals surface area (Å²) in [5, 5.41) is 5.40. The fraction of sp³-hybridized carbons (Fsp3) is 0.118. The van der Waals surface area contributed by atoms with Crippen molar-refractivity contribution in [2.24, 2.45) is 5.73 Å². The van der Waals surface area contributed by atoms with Gasteiger partial charge in [-0.1, -0.05) is 35.9 Å². The molecule has 0 saturated heterocycles. The van der Waals surface area contributed by atoms with E-state index in [-0.39, 0.29) is 0 Å². The Hall–Kier alpha value is -2.10. The van der Waals surface area contributed by atoms with Crippen molar-refractivity contribution in [3.05, 3.63) is 70.9 Å². The Balaban J connectivity index is 2.08. The predicted molar refractivity (Wildman–Crippen MR) is 86.6 cm³/mol. The first-order valence-electron chi connectivity index (χ1n) is 6.79. The van der Waals surface area contributed by atoms with Gasteiger partial charge in [0.05, 0.1) is 11.4 Å². The Kier molecular flexibility index (Phi) is 3.78. The molecule has 0 radical (unpaired) electrons. The summed E-state index contributed by atoms with van der Waals surface area (Å²) < 4.78 is 1.87. The molecule has 0 fully saturated rings. The van der Waals surface area contributed by atoms with Crippen LogP contribution in [-0.4, -0.2) is 9.78 Å². The van der Waals surface area contributed by atoms with Crippen LogP contribution in [0.5, 0.6) is 0 Å². The maximum Gasteiger partial charge on any atom is 0.0972 e. The van der Waals surface area contributed by atoms with Crippen molar-refractivity contribution < 1.29 is 0 Å². The van der Waals surface area contributed by atoms with E-state index in [4.69, 9.17) is 17.3 Å². The van der Waals surface area contributed by atoms with Gasteiger partial charge in [0.25, 0.3) is 0 Å². The first-order valence-corrected chi connectivity index (χ1v) is 7.17. The molecule has 0 bridgehead atoms. The fourth-order valence-corrected chi connectivity index (χ4v) is 2.44. The molecule has 0 amide bonds. The fourth-order valence-electron chi connectivity index (χ4n) is 2.31. The molecule has 0 aliphatic heterocycles. The maximum absolute atomic E-state index is 5.94. The first-order chi connectivity index (χ1) is 10.2. The van der Waals surface area contributed by atoms with Crippen LogP contribution < -0.4 is 5.73 Å². The van der Waals surface area contributed by atoms with Gasteiger partial charge >= 0.3 is 0 Å². The third-order valence-corrected chi connectivity index (χ3v) is 3.65. The van der Waals surface area contributed by atoms with E-state index in [1.165, 1.54) is 5.56 Å². The minimum Gasteiger partial charge on any atom is -0.326 e. The third-order valence-electron chi connectivity index (χ3n) is 3.39. The molecular formula is C17H16ClN3. The summed E-state index contributed by atoms with van der Waals surface area (Å²) in [6.45, 7) is 2.51. The zero-order chi connectivity index (χ0) is 14.8.